The van der Waals surface area contributed by atoms with Crippen molar-refractivity contribution in [3.63, 3.8) is 0 Å². The predicted octanol–water partition coefficient (Wildman–Crippen LogP) is -1.48. The van der Waals surface area contributed by atoms with Crippen LogP contribution < -0.4 is 29.6 Å². The summed E-state index contributed by atoms with van der Waals surface area (Å²) in [6.07, 6.45) is 3.17. The molecule has 3 aliphatic rings. The van der Waals surface area contributed by atoms with E-state index in [4.69, 9.17) is 4.74 Å². The van der Waals surface area contributed by atoms with E-state index in [1.54, 1.807) is 0 Å². The molecule has 2 saturated carbocycles. The summed E-state index contributed by atoms with van der Waals surface area (Å²) in [4.78, 5) is 12.0. The van der Waals surface area contributed by atoms with E-state index >= 15 is 0 Å². The zero-order valence-electron chi connectivity index (χ0n) is 17.4. The summed E-state index contributed by atoms with van der Waals surface area (Å²) in [6, 6.07) is 0. The first-order valence-electron chi connectivity index (χ1n) is 9.73. The van der Waals surface area contributed by atoms with Gasteiger partial charge in [0.2, 0.25) is 0 Å². The average Bonchev–Trinajstić information content (AvgIpc) is 3.02. The van der Waals surface area contributed by atoms with E-state index in [-0.39, 0.29) is 66.6 Å². The Morgan fingerprint density at radius 3 is 2.55 bits per heavy atom. The molecule has 0 radical (unpaired) electrons. The van der Waals surface area contributed by atoms with Gasteiger partial charge in [0.15, 0.2) is 0 Å². The van der Waals surface area contributed by atoms with Crippen molar-refractivity contribution in [2.75, 3.05) is 13.2 Å². The fourth-order valence-corrected chi connectivity index (χ4v) is 6.82. The molecule has 1 unspecified atom stereocenters. The predicted molar refractivity (Wildman–Crippen MR) is 101 cm³/mol. The molecule has 6 atom stereocenters. The van der Waals surface area contributed by atoms with Crippen LogP contribution in [-0.2, 0) is 19.6 Å². The quantitative estimate of drug-likeness (QED) is 0.233. The monoisotopic (exact) mass is 436 g/mol. The van der Waals surface area contributed by atoms with Crippen molar-refractivity contribution in [2.45, 2.75) is 57.3 Å². The number of rotatable bonds is 5. The first-order chi connectivity index (χ1) is 12.9. The van der Waals surface area contributed by atoms with Gasteiger partial charge >= 0.3 is 35.5 Å². The molecule has 0 saturated heterocycles. The minimum atomic E-state index is -4.77. The van der Waals surface area contributed by atoms with E-state index in [0.717, 1.165) is 12.0 Å². The fraction of sp³-hybridized carbons (Fsp3) is 0.750. The van der Waals surface area contributed by atoms with Gasteiger partial charge in [0.1, 0.15) is 16.7 Å². The van der Waals surface area contributed by atoms with Crippen molar-refractivity contribution >= 4 is 16.1 Å². The Bertz CT molecular complexity index is 808. The first-order valence-corrected chi connectivity index (χ1v) is 11.2. The average molecular weight is 437 g/mol. The molecule has 29 heavy (non-hydrogen) atoms. The van der Waals surface area contributed by atoms with Gasteiger partial charge in [-0.05, 0) is 55.4 Å². The van der Waals surface area contributed by atoms with E-state index in [1.807, 2.05) is 13.8 Å². The Morgan fingerprint density at radius 1 is 1.38 bits per heavy atom. The number of ether oxygens (including phenoxy) is 1. The van der Waals surface area contributed by atoms with Crippen LogP contribution in [0.15, 0.2) is 23.8 Å². The zero-order chi connectivity index (χ0) is 20.9. The molecule has 0 spiro atoms. The van der Waals surface area contributed by atoms with Gasteiger partial charge < -0.3 is 19.5 Å². The van der Waals surface area contributed by atoms with E-state index in [2.05, 4.69) is 6.58 Å². The van der Waals surface area contributed by atoms with Crippen molar-refractivity contribution in [2.24, 2.45) is 22.7 Å². The van der Waals surface area contributed by atoms with Crippen molar-refractivity contribution in [3.05, 3.63) is 23.8 Å². The van der Waals surface area contributed by atoms with Crippen LogP contribution in [-0.4, -0.2) is 53.7 Å². The minimum absolute atomic E-state index is 0. The minimum Gasteiger partial charge on any atom is -0.747 e. The summed E-state index contributed by atoms with van der Waals surface area (Å²) < 4.78 is 40.9. The molecule has 158 valence electrons. The molecular formula is C20H29NaO7S. The third kappa shape index (κ3) is 4.27. The normalized spacial score (nSPS) is 38.5. The smallest absolute Gasteiger partial charge is 0.747 e. The molecule has 0 bridgehead atoms. The number of aliphatic hydroxyl groups is 2. The van der Waals surface area contributed by atoms with Crippen LogP contribution in [0, 0.1) is 22.7 Å². The van der Waals surface area contributed by atoms with Crippen LogP contribution in [0.2, 0.25) is 0 Å². The van der Waals surface area contributed by atoms with Crippen LogP contribution in [0.1, 0.15) is 46.0 Å². The van der Waals surface area contributed by atoms with Crippen molar-refractivity contribution in [1.29, 1.82) is 0 Å². The van der Waals surface area contributed by atoms with Gasteiger partial charge in [0.05, 0.1) is 23.5 Å². The molecule has 0 amide bonds. The third-order valence-corrected chi connectivity index (χ3v) is 8.74. The number of esters is 1. The number of carbonyl (C=O) groups excluding carboxylic acids is 1. The van der Waals surface area contributed by atoms with Gasteiger partial charge in [-0.15, -0.1) is 0 Å². The molecule has 0 aromatic carbocycles. The zero-order valence-corrected chi connectivity index (χ0v) is 20.2. The summed E-state index contributed by atoms with van der Waals surface area (Å²) in [7, 11) is -4.77. The summed E-state index contributed by atoms with van der Waals surface area (Å²) in [6.45, 7) is 7.84. The Morgan fingerprint density at radius 2 is 2.03 bits per heavy atom. The van der Waals surface area contributed by atoms with Crippen LogP contribution >= 0.6 is 0 Å². The molecular weight excluding hydrogens is 407 g/mol. The maximum atomic E-state index is 12.0. The first kappa shape index (κ1) is 25.0. The largest absolute Gasteiger partial charge is 1.00 e. The summed E-state index contributed by atoms with van der Waals surface area (Å²) in [5.74, 6) is -1.12. The molecule has 1 aliphatic heterocycles. The van der Waals surface area contributed by atoms with Gasteiger partial charge in [0.25, 0.3) is 0 Å². The Kier molecular flexibility index (Phi) is 7.54. The van der Waals surface area contributed by atoms with Gasteiger partial charge in [-0.2, -0.15) is 0 Å². The number of carbonyl (C=O) groups is 1. The number of cyclic esters (lactones) is 1. The Labute approximate surface area is 194 Å². The number of fused-ring (bicyclic) bond motifs is 1. The standard InChI is InChI=1S/C20H30O7S.Na/c1-12-4-5-16-19(2,8-6-17(22)20(16,3)11-21)14(12)10-15(28(24,25)26)13-7-9-27-18(13)23;/h7,14-17,21-22H,1,4-6,8-11H2,2-3H3,(H,24,25,26);/q;+1/p-1/t14-,15?,16+,17-,19+,20+;/m1./s1. The molecule has 0 aromatic heterocycles. The van der Waals surface area contributed by atoms with E-state index in [0.29, 0.717) is 19.3 Å². The fourth-order valence-electron chi connectivity index (χ4n) is 5.89. The summed E-state index contributed by atoms with van der Waals surface area (Å²) in [5, 5.41) is 19.1. The molecule has 2 aliphatic carbocycles. The van der Waals surface area contributed by atoms with E-state index in [9.17, 15) is 28.0 Å². The number of hydrogen-bond acceptors (Lipinski definition) is 7. The maximum Gasteiger partial charge on any atom is 1.00 e. The molecule has 1 heterocycles. The van der Waals surface area contributed by atoms with Crippen LogP contribution in [0.3, 0.4) is 0 Å². The van der Waals surface area contributed by atoms with Gasteiger partial charge in [-0.1, -0.05) is 26.0 Å². The van der Waals surface area contributed by atoms with Gasteiger partial charge in [-0.3, -0.25) is 0 Å². The van der Waals surface area contributed by atoms with Crippen LogP contribution in [0.5, 0.6) is 0 Å². The van der Waals surface area contributed by atoms with Gasteiger partial charge in [0, 0.05) is 5.41 Å². The third-order valence-electron chi connectivity index (χ3n) is 7.59. The molecule has 3 rings (SSSR count). The number of allylic oxidation sites excluding steroid dienone is 1. The molecule has 2 N–H and O–H groups in total. The molecule has 2 fully saturated rings. The van der Waals surface area contributed by atoms with Crippen molar-refractivity contribution in [3.8, 4) is 0 Å². The number of aliphatic hydroxyl groups excluding tert-OH is 2. The summed E-state index contributed by atoms with van der Waals surface area (Å²) >= 11 is 0. The molecule has 0 aromatic rings. The van der Waals surface area contributed by atoms with Crippen LogP contribution in [0.4, 0.5) is 0 Å². The van der Waals surface area contributed by atoms with E-state index < -0.39 is 38.3 Å². The Hall–Kier alpha value is -0.220. The van der Waals surface area contributed by atoms with Gasteiger partial charge in [-0.25, -0.2) is 13.2 Å². The van der Waals surface area contributed by atoms with Crippen LogP contribution in [0.25, 0.3) is 0 Å². The van der Waals surface area contributed by atoms with Crippen molar-refractivity contribution < 1.29 is 62.3 Å². The Balaban J connectivity index is 0.00000300. The molecule has 9 heteroatoms. The second-order valence-electron chi connectivity index (χ2n) is 9.00. The SMILES string of the molecule is C=C1CC[C@@H]2[C@](C)(CO)[C@H](O)CC[C@@]2(C)[C@@H]1CC(C1=CCOC1=O)S(=O)(=O)[O-].[Na+]. The molecule has 7 nitrogen and oxygen atoms in total. The second kappa shape index (κ2) is 8.73. The number of hydrogen-bond donors (Lipinski definition) is 2. The maximum absolute atomic E-state index is 12.0. The summed E-state index contributed by atoms with van der Waals surface area (Å²) in [5.41, 5.74) is -0.369. The second-order valence-corrected chi connectivity index (χ2v) is 10.6. The van der Waals surface area contributed by atoms with E-state index in [1.165, 1.54) is 6.08 Å². The topological polar surface area (TPSA) is 124 Å². The van der Waals surface area contributed by atoms with Crippen molar-refractivity contribution in [1.82, 2.24) is 0 Å².